The topological polar surface area (TPSA) is 55.8 Å². The van der Waals surface area contributed by atoms with Gasteiger partial charge in [0.2, 0.25) is 0 Å². The summed E-state index contributed by atoms with van der Waals surface area (Å²) in [7, 11) is 1.52. The van der Waals surface area contributed by atoms with Crippen LogP contribution in [-0.4, -0.2) is 30.2 Å². The molecule has 1 aromatic rings. The van der Waals surface area contributed by atoms with E-state index in [-0.39, 0.29) is 12.4 Å². The molecule has 4 heteroatoms. The van der Waals surface area contributed by atoms with Crippen molar-refractivity contribution in [1.29, 1.82) is 0 Å². The average molecular weight is 252 g/mol. The highest BCUT2D eigenvalue weighted by molar-refractivity contribution is 5.94. The predicted molar refractivity (Wildman–Crippen MR) is 69.4 cm³/mol. The minimum Gasteiger partial charge on any atom is -0.493 e. The van der Waals surface area contributed by atoms with Gasteiger partial charge in [-0.15, -0.1) is 0 Å². The average Bonchev–Trinajstić information content (AvgIpc) is 2.36. The van der Waals surface area contributed by atoms with Crippen molar-refractivity contribution in [2.45, 2.75) is 32.8 Å². The molecular weight excluding hydrogens is 232 g/mol. The van der Waals surface area contributed by atoms with E-state index in [9.17, 15) is 9.90 Å². The third-order valence-corrected chi connectivity index (χ3v) is 2.87. The van der Waals surface area contributed by atoms with E-state index in [1.165, 1.54) is 14.0 Å². The number of hydrogen-bond donors (Lipinski definition) is 1. The lowest BCUT2D eigenvalue weighted by molar-refractivity contribution is 0.00774. The summed E-state index contributed by atoms with van der Waals surface area (Å²) in [5, 5.41) is 9.87. The number of ketones is 1. The molecule has 1 N–H and O–H groups in total. The van der Waals surface area contributed by atoms with E-state index in [1.807, 2.05) is 6.92 Å². The van der Waals surface area contributed by atoms with Crippen LogP contribution in [0.4, 0.5) is 0 Å². The molecule has 0 saturated heterocycles. The Morgan fingerprint density at radius 1 is 1.39 bits per heavy atom. The van der Waals surface area contributed by atoms with Gasteiger partial charge in [-0.05, 0) is 38.5 Å². The molecule has 0 aromatic heterocycles. The van der Waals surface area contributed by atoms with Crippen molar-refractivity contribution in [2.75, 3.05) is 13.7 Å². The van der Waals surface area contributed by atoms with Crippen LogP contribution in [0.25, 0.3) is 0 Å². The molecule has 0 amide bonds. The van der Waals surface area contributed by atoms with Gasteiger partial charge in [0.25, 0.3) is 0 Å². The quantitative estimate of drug-likeness (QED) is 0.790. The molecule has 1 aromatic carbocycles. The highest BCUT2D eigenvalue weighted by Crippen LogP contribution is 2.29. The molecule has 0 spiro atoms. The fourth-order valence-electron chi connectivity index (χ4n) is 1.34. The summed E-state index contributed by atoms with van der Waals surface area (Å²) in [5.41, 5.74) is -0.300. The first-order valence-corrected chi connectivity index (χ1v) is 5.94. The van der Waals surface area contributed by atoms with Crippen LogP contribution in [0, 0.1) is 0 Å². The molecule has 0 radical (unpaired) electrons. The number of carbonyl (C=O) groups excluding carboxylic acids is 1. The lowest BCUT2D eigenvalue weighted by Gasteiger charge is -2.22. The number of ether oxygens (including phenoxy) is 2. The summed E-state index contributed by atoms with van der Waals surface area (Å²) in [6, 6.07) is 5.00. The largest absolute Gasteiger partial charge is 0.493 e. The SMILES string of the molecule is CCC(C)(O)COc1ccc(C(C)=O)cc1OC. The fraction of sp³-hybridized carbons (Fsp3) is 0.500. The second-order valence-electron chi connectivity index (χ2n) is 4.56. The summed E-state index contributed by atoms with van der Waals surface area (Å²) in [6.45, 7) is 5.28. The number of methoxy groups -OCH3 is 1. The van der Waals surface area contributed by atoms with Crippen molar-refractivity contribution >= 4 is 5.78 Å². The van der Waals surface area contributed by atoms with Crippen molar-refractivity contribution in [3.63, 3.8) is 0 Å². The fourth-order valence-corrected chi connectivity index (χ4v) is 1.34. The van der Waals surface area contributed by atoms with Gasteiger partial charge >= 0.3 is 0 Å². The maximum Gasteiger partial charge on any atom is 0.161 e. The molecule has 0 saturated carbocycles. The molecule has 100 valence electrons. The summed E-state index contributed by atoms with van der Waals surface area (Å²) in [4.78, 5) is 11.3. The van der Waals surface area contributed by atoms with Gasteiger partial charge < -0.3 is 14.6 Å². The third kappa shape index (κ3) is 3.74. The predicted octanol–water partition coefficient (Wildman–Crippen LogP) is 2.44. The Hall–Kier alpha value is -1.55. The molecule has 1 rings (SSSR count). The standard InChI is InChI=1S/C14H20O4/c1-5-14(3,16)9-18-12-7-6-11(10(2)15)8-13(12)17-4/h6-8,16H,5,9H2,1-4H3. The van der Waals surface area contributed by atoms with Crippen LogP contribution in [0.15, 0.2) is 18.2 Å². The van der Waals surface area contributed by atoms with E-state index in [1.54, 1.807) is 25.1 Å². The Morgan fingerprint density at radius 3 is 2.56 bits per heavy atom. The van der Waals surface area contributed by atoms with Crippen molar-refractivity contribution in [1.82, 2.24) is 0 Å². The first-order valence-electron chi connectivity index (χ1n) is 5.94. The summed E-state index contributed by atoms with van der Waals surface area (Å²) >= 11 is 0. The van der Waals surface area contributed by atoms with Gasteiger partial charge in [-0.25, -0.2) is 0 Å². The van der Waals surface area contributed by atoms with E-state index in [0.29, 0.717) is 23.5 Å². The Bertz CT molecular complexity index is 424. The maximum atomic E-state index is 11.3. The maximum absolute atomic E-state index is 11.3. The van der Waals surface area contributed by atoms with E-state index in [4.69, 9.17) is 9.47 Å². The van der Waals surface area contributed by atoms with E-state index in [0.717, 1.165) is 0 Å². The molecule has 18 heavy (non-hydrogen) atoms. The Kier molecular flexibility index (Phi) is 4.73. The Morgan fingerprint density at radius 2 is 2.06 bits per heavy atom. The minimum atomic E-state index is -0.871. The van der Waals surface area contributed by atoms with Crippen molar-refractivity contribution in [3.8, 4) is 11.5 Å². The zero-order valence-electron chi connectivity index (χ0n) is 11.3. The second kappa shape index (κ2) is 5.87. The van der Waals surface area contributed by atoms with Crippen LogP contribution < -0.4 is 9.47 Å². The molecule has 0 heterocycles. The highest BCUT2D eigenvalue weighted by Gasteiger charge is 2.19. The number of hydrogen-bond acceptors (Lipinski definition) is 4. The monoisotopic (exact) mass is 252 g/mol. The Balaban J connectivity index is 2.86. The Labute approximate surface area is 108 Å². The molecular formula is C14H20O4. The highest BCUT2D eigenvalue weighted by atomic mass is 16.5. The minimum absolute atomic E-state index is 0.0274. The summed E-state index contributed by atoms with van der Waals surface area (Å²) in [5.74, 6) is 0.992. The number of benzene rings is 1. The van der Waals surface area contributed by atoms with Gasteiger partial charge in [-0.3, -0.25) is 4.79 Å². The lowest BCUT2D eigenvalue weighted by atomic mass is 10.1. The van der Waals surface area contributed by atoms with Crippen LogP contribution in [-0.2, 0) is 0 Å². The van der Waals surface area contributed by atoms with Crippen LogP contribution in [0.5, 0.6) is 11.5 Å². The smallest absolute Gasteiger partial charge is 0.161 e. The molecule has 0 aliphatic carbocycles. The number of rotatable bonds is 6. The van der Waals surface area contributed by atoms with E-state index in [2.05, 4.69) is 0 Å². The van der Waals surface area contributed by atoms with Crippen LogP contribution >= 0.6 is 0 Å². The lowest BCUT2D eigenvalue weighted by Crippen LogP contribution is -2.31. The second-order valence-corrected chi connectivity index (χ2v) is 4.56. The molecule has 0 aliphatic rings. The molecule has 0 fully saturated rings. The molecule has 1 unspecified atom stereocenters. The first-order chi connectivity index (χ1) is 8.39. The van der Waals surface area contributed by atoms with Crippen molar-refractivity contribution in [2.24, 2.45) is 0 Å². The van der Waals surface area contributed by atoms with Crippen molar-refractivity contribution in [3.05, 3.63) is 23.8 Å². The van der Waals surface area contributed by atoms with Gasteiger partial charge in [0.05, 0.1) is 12.7 Å². The number of aliphatic hydroxyl groups is 1. The van der Waals surface area contributed by atoms with Crippen LogP contribution in [0.1, 0.15) is 37.6 Å². The van der Waals surface area contributed by atoms with Crippen LogP contribution in [0.2, 0.25) is 0 Å². The third-order valence-electron chi connectivity index (χ3n) is 2.87. The zero-order chi connectivity index (χ0) is 13.8. The molecule has 0 bridgehead atoms. The molecule has 1 atom stereocenters. The summed E-state index contributed by atoms with van der Waals surface area (Å²) in [6.07, 6.45) is 0.598. The number of carbonyl (C=O) groups is 1. The van der Waals surface area contributed by atoms with Gasteiger partial charge in [0.1, 0.15) is 6.61 Å². The van der Waals surface area contributed by atoms with Gasteiger partial charge in [0.15, 0.2) is 17.3 Å². The molecule has 0 aliphatic heterocycles. The number of Topliss-reactive ketones (excluding diaryl/α,β-unsaturated/α-hetero) is 1. The zero-order valence-corrected chi connectivity index (χ0v) is 11.3. The summed E-state index contributed by atoms with van der Waals surface area (Å²) < 4.78 is 10.7. The van der Waals surface area contributed by atoms with Crippen molar-refractivity contribution < 1.29 is 19.4 Å². The van der Waals surface area contributed by atoms with Gasteiger partial charge in [-0.2, -0.15) is 0 Å². The first kappa shape index (κ1) is 14.5. The van der Waals surface area contributed by atoms with Gasteiger partial charge in [0, 0.05) is 5.56 Å². The molecule has 4 nitrogen and oxygen atoms in total. The van der Waals surface area contributed by atoms with E-state index >= 15 is 0 Å². The van der Waals surface area contributed by atoms with E-state index < -0.39 is 5.60 Å². The normalized spacial score (nSPS) is 13.8. The van der Waals surface area contributed by atoms with Gasteiger partial charge in [-0.1, -0.05) is 6.92 Å². The van der Waals surface area contributed by atoms with Crippen LogP contribution in [0.3, 0.4) is 0 Å².